The summed E-state index contributed by atoms with van der Waals surface area (Å²) in [6, 6.07) is 19.2. The number of ether oxygens (including phenoxy) is 1. The van der Waals surface area contributed by atoms with Crippen LogP contribution in [0.3, 0.4) is 0 Å². The summed E-state index contributed by atoms with van der Waals surface area (Å²) in [6.45, 7) is 6.69. The molecule has 1 aliphatic heterocycles. The standard InChI is InChI=1S/C30H32N6O2S/c1-19-12-15-32-26(17-19)36-20(2)18-22(21(36)3)29-28(24-10-7-8-14-31-24)34-30(39)35(29)16-13-27(37)33-23-9-5-6-11-25(23)38-4/h5-12,14-15,17-18,28-29H,13,16H2,1-4H3,(H,33,37)(H,34,39)/t28-,29+/m0/s1. The van der Waals surface area contributed by atoms with Crippen LogP contribution in [0.1, 0.15) is 46.7 Å². The molecule has 4 heterocycles. The molecule has 8 nitrogen and oxygen atoms in total. The van der Waals surface area contributed by atoms with Crippen molar-refractivity contribution in [2.75, 3.05) is 19.0 Å². The van der Waals surface area contributed by atoms with Crippen molar-refractivity contribution in [2.24, 2.45) is 0 Å². The average molecular weight is 541 g/mol. The van der Waals surface area contributed by atoms with Crippen molar-refractivity contribution in [3.8, 4) is 11.6 Å². The van der Waals surface area contributed by atoms with Gasteiger partial charge in [-0.25, -0.2) is 4.98 Å². The van der Waals surface area contributed by atoms with Gasteiger partial charge in [0.2, 0.25) is 5.91 Å². The number of benzene rings is 1. The van der Waals surface area contributed by atoms with Crippen LogP contribution in [-0.2, 0) is 4.79 Å². The van der Waals surface area contributed by atoms with Crippen LogP contribution in [0, 0.1) is 20.8 Å². The van der Waals surface area contributed by atoms with E-state index in [1.165, 1.54) is 0 Å². The molecule has 4 aromatic rings. The van der Waals surface area contributed by atoms with Crippen LogP contribution in [0.2, 0.25) is 0 Å². The Hall–Kier alpha value is -4.24. The van der Waals surface area contributed by atoms with Crippen LogP contribution in [0.15, 0.2) is 73.1 Å². The molecule has 1 fully saturated rings. The minimum absolute atomic E-state index is 0.114. The van der Waals surface area contributed by atoms with Gasteiger partial charge in [0.25, 0.3) is 0 Å². The molecule has 2 N–H and O–H groups in total. The van der Waals surface area contributed by atoms with Crippen LogP contribution in [0.5, 0.6) is 5.75 Å². The summed E-state index contributed by atoms with van der Waals surface area (Å²) >= 11 is 5.83. The predicted molar refractivity (Wildman–Crippen MR) is 156 cm³/mol. The molecule has 1 aromatic carbocycles. The number of carbonyl (C=O) groups is 1. The first kappa shape index (κ1) is 26.4. The number of amides is 1. The van der Waals surface area contributed by atoms with E-state index in [-0.39, 0.29) is 24.4 Å². The highest BCUT2D eigenvalue weighted by molar-refractivity contribution is 7.80. The molecule has 0 radical (unpaired) electrons. The van der Waals surface area contributed by atoms with Crippen molar-refractivity contribution in [3.05, 3.63) is 101 Å². The molecule has 0 bridgehead atoms. The molecule has 39 heavy (non-hydrogen) atoms. The quantitative estimate of drug-likeness (QED) is 0.297. The van der Waals surface area contributed by atoms with Gasteiger partial charge in [-0.05, 0) is 86.6 Å². The van der Waals surface area contributed by atoms with Gasteiger partial charge in [0.15, 0.2) is 5.11 Å². The van der Waals surface area contributed by atoms with Gasteiger partial charge in [0, 0.05) is 36.7 Å². The van der Waals surface area contributed by atoms with E-state index in [0.717, 1.165) is 34.0 Å². The molecule has 9 heteroatoms. The molecule has 0 spiro atoms. The van der Waals surface area contributed by atoms with E-state index in [2.05, 4.69) is 63.0 Å². The number of hydrogen-bond donors (Lipinski definition) is 2. The second kappa shape index (κ2) is 11.2. The van der Waals surface area contributed by atoms with Crippen molar-refractivity contribution >= 4 is 28.9 Å². The Balaban J connectivity index is 1.47. The summed E-state index contributed by atoms with van der Waals surface area (Å²) in [6.07, 6.45) is 3.88. The Morgan fingerprint density at radius 3 is 2.59 bits per heavy atom. The molecule has 200 valence electrons. The van der Waals surface area contributed by atoms with Gasteiger partial charge >= 0.3 is 0 Å². The molecule has 1 aliphatic rings. The Morgan fingerprint density at radius 2 is 1.85 bits per heavy atom. The van der Waals surface area contributed by atoms with Crippen LogP contribution in [0.25, 0.3) is 5.82 Å². The van der Waals surface area contributed by atoms with Gasteiger partial charge in [-0.15, -0.1) is 0 Å². The minimum Gasteiger partial charge on any atom is -0.495 e. The highest BCUT2D eigenvalue weighted by Crippen LogP contribution is 2.41. The number of rotatable bonds is 8. The number of thiocarbonyl (C=S) groups is 1. The van der Waals surface area contributed by atoms with Crippen molar-refractivity contribution in [3.63, 3.8) is 0 Å². The second-order valence-corrected chi connectivity index (χ2v) is 10.1. The highest BCUT2D eigenvalue weighted by atomic mass is 32.1. The van der Waals surface area contributed by atoms with Crippen molar-refractivity contribution in [2.45, 2.75) is 39.3 Å². The lowest BCUT2D eigenvalue weighted by Gasteiger charge is -2.28. The third kappa shape index (κ3) is 5.35. The first-order chi connectivity index (χ1) is 18.9. The SMILES string of the molecule is COc1ccccc1NC(=O)CCN1C(=S)N[C@@H](c2ccccn2)[C@H]1c1cc(C)n(-c2cc(C)ccn2)c1C. The Morgan fingerprint density at radius 1 is 1.05 bits per heavy atom. The van der Waals surface area contributed by atoms with Crippen LogP contribution in [-0.4, -0.2) is 44.1 Å². The monoisotopic (exact) mass is 540 g/mol. The van der Waals surface area contributed by atoms with Crippen molar-refractivity contribution < 1.29 is 9.53 Å². The van der Waals surface area contributed by atoms with Crippen LogP contribution in [0.4, 0.5) is 5.69 Å². The third-order valence-electron chi connectivity index (χ3n) is 7.08. The van der Waals surface area contributed by atoms with Gasteiger partial charge in [-0.1, -0.05) is 18.2 Å². The maximum Gasteiger partial charge on any atom is 0.226 e. The van der Waals surface area contributed by atoms with E-state index >= 15 is 0 Å². The number of anilines is 1. The first-order valence-electron chi connectivity index (χ1n) is 12.9. The number of methoxy groups -OCH3 is 1. The van der Waals surface area contributed by atoms with Crippen molar-refractivity contribution in [1.29, 1.82) is 0 Å². The number of nitrogens with one attached hydrogen (secondary N) is 2. The number of aromatic nitrogens is 3. The summed E-state index contributed by atoms with van der Waals surface area (Å²) in [7, 11) is 1.59. The number of pyridine rings is 2. The van der Waals surface area contributed by atoms with Gasteiger partial charge in [-0.3, -0.25) is 9.78 Å². The lowest BCUT2D eigenvalue weighted by molar-refractivity contribution is -0.116. The first-order valence-corrected chi connectivity index (χ1v) is 13.3. The largest absolute Gasteiger partial charge is 0.495 e. The topological polar surface area (TPSA) is 84.3 Å². The van der Waals surface area contributed by atoms with Gasteiger partial charge < -0.3 is 24.8 Å². The number of aryl methyl sites for hydroxylation is 2. The normalized spacial score (nSPS) is 16.7. The second-order valence-electron chi connectivity index (χ2n) is 9.67. The molecule has 5 rings (SSSR count). The zero-order chi connectivity index (χ0) is 27.5. The number of hydrogen-bond acceptors (Lipinski definition) is 5. The third-order valence-corrected chi connectivity index (χ3v) is 7.43. The van der Waals surface area contributed by atoms with E-state index in [1.54, 1.807) is 13.3 Å². The number of nitrogens with zero attached hydrogens (tertiary/aromatic N) is 4. The fraction of sp³-hybridized carbons (Fsp3) is 0.267. The Kier molecular flexibility index (Phi) is 7.60. The van der Waals surface area contributed by atoms with E-state index in [4.69, 9.17) is 17.0 Å². The zero-order valence-corrected chi connectivity index (χ0v) is 23.3. The lowest BCUT2D eigenvalue weighted by atomic mass is 9.96. The lowest BCUT2D eigenvalue weighted by Crippen LogP contribution is -2.33. The fourth-order valence-corrected chi connectivity index (χ4v) is 5.58. The summed E-state index contributed by atoms with van der Waals surface area (Å²) in [4.78, 5) is 24.4. The molecule has 0 unspecified atom stereocenters. The molecular formula is C30H32N6O2S. The molecule has 2 atom stereocenters. The summed E-state index contributed by atoms with van der Waals surface area (Å²) in [5, 5.41) is 7.05. The molecule has 0 aliphatic carbocycles. The molecular weight excluding hydrogens is 508 g/mol. The zero-order valence-electron chi connectivity index (χ0n) is 22.5. The maximum atomic E-state index is 13.0. The molecule has 1 amide bonds. The molecule has 1 saturated heterocycles. The van der Waals surface area contributed by atoms with E-state index < -0.39 is 0 Å². The van der Waals surface area contributed by atoms with E-state index in [0.29, 0.717) is 23.1 Å². The van der Waals surface area contributed by atoms with Gasteiger partial charge in [0.05, 0.1) is 30.6 Å². The number of para-hydroxylation sites is 2. The molecule has 0 saturated carbocycles. The average Bonchev–Trinajstić information content (AvgIpc) is 3.42. The maximum absolute atomic E-state index is 13.0. The summed E-state index contributed by atoms with van der Waals surface area (Å²) in [5.41, 5.74) is 5.95. The Labute approximate surface area is 234 Å². The smallest absolute Gasteiger partial charge is 0.226 e. The number of carbonyl (C=O) groups excluding carboxylic acids is 1. The van der Waals surface area contributed by atoms with Gasteiger partial charge in [0.1, 0.15) is 11.6 Å². The summed E-state index contributed by atoms with van der Waals surface area (Å²) < 4.78 is 7.55. The van der Waals surface area contributed by atoms with E-state index in [9.17, 15) is 4.79 Å². The molecule has 3 aromatic heterocycles. The van der Waals surface area contributed by atoms with Gasteiger partial charge in [-0.2, -0.15) is 0 Å². The minimum atomic E-state index is -0.171. The highest BCUT2D eigenvalue weighted by Gasteiger charge is 2.41. The van der Waals surface area contributed by atoms with Crippen molar-refractivity contribution in [1.82, 2.24) is 24.8 Å². The Bertz CT molecular complexity index is 1500. The van der Waals surface area contributed by atoms with E-state index in [1.807, 2.05) is 54.7 Å². The van der Waals surface area contributed by atoms with Crippen LogP contribution < -0.4 is 15.4 Å². The fourth-order valence-electron chi connectivity index (χ4n) is 5.25. The van der Waals surface area contributed by atoms with Crippen LogP contribution >= 0.6 is 12.2 Å². The summed E-state index contributed by atoms with van der Waals surface area (Å²) in [5.74, 6) is 1.38. The predicted octanol–water partition coefficient (Wildman–Crippen LogP) is 5.20.